The first-order valence-electron chi connectivity index (χ1n) is 5.18. The van der Waals surface area contributed by atoms with E-state index in [0.29, 0.717) is 10.7 Å². The fraction of sp³-hybridized carbons (Fsp3) is 0.0833. The molecule has 0 radical (unpaired) electrons. The fourth-order valence-corrected chi connectivity index (χ4v) is 1.56. The van der Waals surface area contributed by atoms with Gasteiger partial charge < -0.3 is 10.3 Å². The molecular weight excluding hydrogens is 254 g/mol. The maximum absolute atomic E-state index is 11.8. The van der Waals surface area contributed by atoms with Gasteiger partial charge >= 0.3 is 0 Å². The lowest BCUT2D eigenvalue weighted by Gasteiger charge is -2.05. The number of benzene rings is 1. The van der Waals surface area contributed by atoms with Crippen molar-refractivity contribution in [2.75, 3.05) is 5.32 Å². The van der Waals surface area contributed by atoms with E-state index in [9.17, 15) is 9.59 Å². The van der Waals surface area contributed by atoms with Gasteiger partial charge in [-0.05, 0) is 24.6 Å². The van der Waals surface area contributed by atoms with Crippen LogP contribution in [0.2, 0.25) is 5.02 Å². The van der Waals surface area contributed by atoms with Gasteiger partial charge in [-0.1, -0.05) is 17.7 Å². The van der Waals surface area contributed by atoms with Gasteiger partial charge in [-0.2, -0.15) is 0 Å². The van der Waals surface area contributed by atoms with Crippen LogP contribution in [-0.2, 0) is 0 Å². The minimum Gasteiger partial charge on any atom is -0.322 e. The molecule has 0 aliphatic rings. The number of aryl methyl sites for hydroxylation is 1. The van der Waals surface area contributed by atoms with Gasteiger partial charge in [0.05, 0.1) is 6.33 Å². The molecule has 2 N–H and O–H groups in total. The van der Waals surface area contributed by atoms with Gasteiger partial charge in [0.2, 0.25) is 0 Å². The van der Waals surface area contributed by atoms with E-state index >= 15 is 0 Å². The van der Waals surface area contributed by atoms with Crippen molar-refractivity contribution in [3.05, 3.63) is 57.2 Å². The Kier molecular flexibility index (Phi) is 3.43. The summed E-state index contributed by atoms with van der Waals surface area (Å²) in [5, 5.41) is 3.13. The third kappa shape index (κ3) is 2.57. The zero-order chi connectivity index (χ0) is 13.1. The molecule has 5 nitrogen and oxygen atoms in total. The molecule has 0 aliphatic carbocycles. The highest BCUT2D eigenvalue weighted by Crippen LogP contribution is 2.20. The minimum absolute atomic E-state index is 0.0470. The van der Waals surface area contributed by atoms with Crippen molar-refractivity contribution in [2.45, 2.75) is 6.92 Å². The number of halogens is 1. The van der Waals surface area contributed by atoms with Crippen LogP contribution in [0.1, 0.15) is 15.9 Å². The zero-order valence-electron chi connectivity index (χ0n) is 9.53. The van der Waals surface area contributed by atoms with E-state index in [1.54, 1.807) is 18.2 Å². The van der Waals surface area contributed by atoms with Gasteiger partial charge in [-0.3, -0.25) is 9.59 Å². The van der Waals surface area contributed by atoms with Crippen LogP contribution in [0.15, 0.2) is 35.5 Å². The fourth-order valence-electron chi connectivity index (χ4n) is 1.37. The summed E-state index contributed by atoms with van der Waals surface area (Å²) in [7, 11) is 0. The Bertz CT molecular complexity index is 652. The van der Waals surface area contributed by atoms with Crippen molar-refractivity contribution in [1.29, 1.82) is 0 Å². The van der Waals surface area contributed by atoms with Crippen molar-refractivity contribution in [1.82, 2.24) is 9.97 Å². The minimum atomic E-state index is -0.524. The first-order valence-corrected chi connectivity index (χ1v) is 5.56. The van der Waals surface area contributed by atoms with Crippen LogP contribution in [0, 0.1) is 6.92 Å². The quantitative estimate of drug-likeness (QED) is 0.870. The van der Waals surface area contributed by atoms with E-state index in [-0.39, 0.29) is 5.56 Å². The second kappa shape index (κ2) is 5.01. The van der Waals surface area contributed by atoms with Crippen LogP contribution < -0.4 is 10.9 Å². The Labute approximate surface area is 108 Å². The number of anilines is 1. The molecule has 2 aromatic rings. The van der Waals surface area contributed by atoms with Crippen molar-refractivity contribution in [3.63, 3.8) is 0 Å². The molecule has 1 aromatic carbocycles. The number of rotatable bonds is 2. The second-order valence-electron chi connectivity index (χ2n) is 3.71. The first-order chi connectivity index (χ1) is 8.58. The van der Waals surface area contributed by atoms with Gasteiger partial charge in [0.25, 0.3) is 11.5 Å². The number of nitrogens with zero attached hydrogens (tertiary/aromatic N) is 1. The molecule has 1 amide bonds. The summed E-state index contributed by atoms with van der Waals surface area (Å²) < 4.78 is 0. The van der Waals surface area contributed by atoms with E-state index in [4.69, 9.17) is 11.6 Å². The molecular formula is C12H10ClN3O2. The zero-order valence-corrected chi connectivity index (χ0v) is 10.3. The average Bonchev–Trinajstić information content (AvgIpc) is 2.34. The molecule has 0 bridgehead atoms. The van der Waals surface area contributed by atoms with Crippen molar-refractivity contribution >= 4 is 23.2 Å². The molecule has 0 spiro atoms. The third-order valence-electron chi connectivity index (χ3n) is 2.39. The predicted molar refractivity (Wildman–Crippen MR) is 69.0 cm³/mol. The van der Waals surface area contributed by atoms with Crippen LogP contribution in [-0.4, -0.2) is 15.9 Å². The number of aromatic nitrogens is 2. The van der Waals surface area contributed by atoms with Gasteiger partial charge in [-0.25, -0.2) is 4.98 Å². The lowest BCUT2D eigenvalue weighted by atomic mass is 10.2. The Morgan fingerprint density at radius 1 is 1.44 bits per heavy atom. The normalized spacial score (nSPS) is 10.1. The summed E-state index contributed by atoms with van der Waals surface area (Å²) >= 11 is 5.94. The Hall–Kier alpha value is -2.14. The molecule has 1 aromatic heterocycles. The van der Waals surface area contributed by atoms with Crippen molar-refractivity contribution in [3.8, 4) is 0 Å². The number of amides is 1. The molecule has 2 rings (SSSR count). The molecule has 0 saturated heterocycles. The van der Waals surface area contributed by atoms with Crippen LogP contribution in [0.25, 0.3) is 0 Å². The predicted octanol–water partition coefficient (Wildman–Crippen LogP) is 1.98. The molecule has 6 heteroatoms. The summed E-state index contributed by atoms with van der Waals surface area (Å²) in [6, 6.07) is 5.12. The summed E-state index contributed by atoms with van der Waals surface area (Å²) in [5.41, 5.74) is 0.905. The molecule has 0 aliphatic heterocycles. The van der Waals surface area contributed by atoms with Crippen molar-refractivity contribution in [2.24, 2.45) is 0 Å². The van der Waals surface area contributed by atoms with Gasteiger partial charge in [0, 0.05) is 16.9 Å². The number of aromatic amines is 1. The number of hydrogen-bond donors (Lipinski definition) is 2. The number of H-pyrrole nitrogens is 1. The summed E-state index contributed by atoms with van der Waals surface area (Å²) in [5.74, 6) is -0.524. The SMILES string of the molecule is Cc1ccc(NC(=O)c2cnc[nH]c2=O)cc1Cl. The number of hydrogen-bond acceptors (Lipinski definition) is 3. The smallest absolute Gasteiger partial charge is 0.263 e. The molecule has 92 valence electrons. The van der Waals surface area contributed by atoms with Crippen LogP contribution in [0.4, 0.5) is 5.69 Å². The third-order valence-corrected chi connectivity index (χ3v) is 2.80. The van der Waals surface area contributed by atoms with E-state index in [1.807, 2.05) is 6.92 Å². The highest BCUT2D eigenvalue weighted by Gasteiger charge is 2.10. The largest absolute Gasteiger partial charge is 0.322 e. The van der Waals surface area contributed by atoms with Crippen LogP contribution >= 0.6 is 11.6 Å². The lowest BCUT2D eigenvalue weighted by Crippen LogP contribution is -2.23. The van der Waals surface area contributed by atoms with E-state index in [2.05, 4.69) is 15.3 Å². The van der Waals surface area contributed by atoms with E-state index < -0.39 is 11.5 Å². The number of carbonyl (C=O) groups is 1. The molecule has 0 unspecified atom stereocenters. The summed E-state index contributed by atoms with van der Waals surface area (Å²) in [4.78, 5) is 29.2. The maximum atomic E-state index is 11.8. The topological polar surface area (TPSA) is 74.8 Å². The highest BCUT2D eigenvalue weighted by molar-refractivity contribution is 6.31. The van der Waals surface area contributed by atoms with Crippen LogP contribution in [0.3, 0.4) is 0 Å². The molecule has 0 fully saturated rings. The maximum Gasteiger partial charge on any atom is 0.263 e. The molecule has 18 heavy (non-hydrogen) atoms. The average molecular weight is 264 g/mol. The van der Waals surface area contributed by atoms with E-state index in [0.717, 1.165) is 5.56 Å². The second-order valence-corrected chi connectivity index (χ2v) is 4.12. The molecule has 0 saturated carbocycles. The number of nitrogens with one attached hydrogen (secondary N) is 2. The van der Waals surface area contributed by atoms with Gasteiger partial charge in [0.1, 0.15) is 5.56 Å². The van der Waals surface area contributed by atoms with Crippen LogP contribution in [0.5, 0.6) is 0 Å². The standard InChI is InChI=1S/C12H10ClN3O2/c1-7-2-3-8(4-10(7)13)16-12(18)9-5-14-6-15-11(9)17/h2-6H,1H3,(H,16,18)(H,14,15,17). The van der Waals surface area contributed by atoms with Gasteiger partial charge in [0.15, 0.2) is 0 Å². The lowest BCUT2D eigenvalue weighted by molar-refractivity contribution is 0.102. The summed E-state index contributed by atoms with van der Waals surface area (Å²) in [6.45, 7) is 1.86. The Morgan fingerprint density at radius 3 is 2.89 bits per heavy atom. The Balaban J connectivity index is 2.24. The monoisotopic (exact) mass is 263 g/mol. The number of carbonyl (C=O) groups excluding carboxylic acids is 1. The molecule has 0 atom stereocenters. The Morgan fingerprint density at radius 2 is 2.22 bits per heavy atom. The van der Waals surface area contributed by atoms with E-state index in [1.165, 1.54) is 12.5 Å². The highest BCUT2D eigenvalue weighted by atomic mass is 35.5. The first kappa shape index (κ1) is 12.3. The summed E-state index contributed by atoms with van der Waals surface area (Å²) in [6.07, 6.45) is 2.44. The van der Waals surface area contributed by atoms with Crippen molar-refractivity contribution < 1.29 is 4.79 Å². The van der Waals surface area contributed by atoms with Gasteiger partial charge in [-0.15, -0.1) is 0 Å². The molecule has 1 heterocycles.